The summed E-state index contributed by atoms with van der Waals surface area (Å²) in [6, 6.07) is -0.430. The van der Waals surface area contributed by atoms with Crippen LogP contribution < -0.4 is 5.73 Å². The van der Waals surface area contributed by atoms with Gasteiger partial charge in [0.2, 0.25) is 0 Å². The third-order valence-electron chi connectivity index (χ3n) is 2.38. The van der Waals surface area contributed by atoms with Crippen LogP contribution in [0.15, 0.2) is 0 Å². The second kappa shape index (κ2) is 4.33. The van der Waals surface area contributed by atoms with Crippen LogP contribution in [-0.4, -0.2) is 22.4 Å². The third-order valence-corrected chi connectivity index (χ3v) is 2.38. The Balaban J connectivity index is 2.96. The van der Waals surface area contributed by atoms with Crippen LogP contribution in [0.25, 0.3) is 0 Å². The summed E-state index contributed by atoms with van der Waals surface area (Å²) < 4.78 is 6.52. The van der Waals surface area contributed by atoms with Gasteiger partial charge in [-0.2, -0.15) is 5.10 Å². The Kier molecular flexibility index (Phi) is 3.34. The van der Waals surface area contributed by atoms with E-state index in [1.807, 2.05) is 13.8 Å². The van der Waals surface area contributed by atoms with Crippen LogP contribution in [0.5, 0.6) is 0 Å². The fraction of sp³-hybridized carbons (Fsp3) is 0.600. The lowest BCUT2D eigenvalue weighted by atomic mass is 10.3. The zero-order valence-electron chi connectivity index (χ0n) is 9.57. The van der Waals surface area contributed by atoms with E-state index in [9.17, 15) is 4.79 Å². The monoisotopic (exact) mass is 211 g/mol. The largest absolute Gasteiger partial charge is 0.464 e. The van der Waals surface area contributed by atoms with Crippen LogP contribution in [0, 0.1) is 13.8 Å². The molecule has 0 bridgehead atoms. The van der Waals surface area contributed by atoms with E-state index in [1.165, 1.54) is 0 Å². The number of aryl methyl sites for hydroxylation is 1. The quantitative estimate of drug-likeness (QED) is 0.763. The minimum absolute atomic E-state index is 0.289. The van der Waals surface area contributed by atoms with Crippen LogP contribution in [0.4, 0.5) is 5.69 Å². The number of nitrogens with zero attached hydrogens (tertiary/aromatic N) is 2. The lowest BCUT2D eigenvalue weighted by Gasteiger charge is -2.12. The summed E-state index contributed by atoms with van der Waals surface area (Å²) in [5.74, 6) is -0.289. The number of nitrogens with two attached hydrogens (primary N) is 1. The number of rotatable bonds is 3. The smallest absolute Gasteiger partial charge is 0.330 e. The molecule has 5 heteroatoms. The molecule has 0 aliphatic carbocycles. The predicted octanol–water partition coefficient (Wildman–Crippen LogP) is 1.21. The molecule has 1 unspecified atom stereocenters. The average Bonchev–Trinajstić information content (AvgIpc) is 2.45. The van der Waals surface area contributed by atoms with Gasteiger partial charge in [-0.25, -0.2) is 4.79 Å². The highest BCUT2D eigenvalue weighted by molar-refractivity contribution is 5.74. The second-order valence-electron chi connectivity index (χ2n) is 3.46. The number of carbonyl (C=O) groups excluding carboxylic acids is 1. The first-order valence-electron chi connectivity index (χ1n) is 4.96. The van der Waals surface area contributed by atoms with Crippen molar-refractivity contribution in [3.8, 4) is 0 Å². The molecular formula is C10H17N3O2. The van der Waals surface area contributed by atoms with Crippen molar-refractivity contribution < 1.29 is 9.53 Å². The van der Waals surface area contributed by atoms with Crippen LogP contribution in [0.3, 0.4) is 0 Å². The molecule has 0 saturated carbocycles. The van der Waals surface area contributed by atoms with E-state index in [1.54, 1.807) is 18.5 Å². The topological polar surface area (TPSA) is 70.1 Å². The number of ether oxygens (including phenoxy) is 1. The molecular weight excluding hydrogens is 194 g/mol. The molecule has 0 spiro atoms. The van der Waals surface area contributed by atoms with Crippen molar-refractivity contribution in [2.24, 2.45) is 0 Å². The maximum Gasteiger partial charge on any atom is 0.330 e. The molecule has 5 nitrogen and oxygen atoms in total. The summed E-state index contributed by atoms with van der Waals surface area (Å²) in [4.78, 5) is 11.5. The summed E-state index contributed by atoms with van der Waals surface area (Å²) in [5.41, 5.74) is 7.95. The number of aromatic nitrogens is 2. The molecule has 1 aromatic rings. The summed E-state index contributed by atoms with van der Waals surface area (Å²) in [6.45, 7) is 7.55. The highest BCUT2D eigenvalue weighted by atomic mass is 16.5. The fourth-order valence-electron chi connectivity index (χ4n) is 1.42. The molecule has 84 valence electrons. The van der Waals surface area contributed by atoms with E-state index in [2.05, 4.69) is 5.10 Å². The van der Waals surface area contributed by atoms with Crippen molar-refractivity contribution >= 4 is 11.7 Å². The third kappa shape index (κ3) is 2.11. The normalized spacial score (nSPS) is 12.5. The highest BCUT2D eigenvalue weighted by Crippen LogP contribution is 2.19. The van der Waals surface area contributed by atoms with Crippen molar-refractivity contribution in [3.63, 3.8) is 0 Å². The van der Waals surface area contributed by atoms with E-state index in [-0.39, 0.29) is 5.97 Å². The first kappa shape index (κ1) is 11.6. The van der Waals surface area contributed by atoms with Gasteiger partial charge >= 0.3 is 5.97 Å². The zero-order chi connectivity index (χ0) is 11.6. The maximum atomic E-state index is 11.5. The second-order valence-corrected chi connectivity index (χ2v) is 3.46. The first-order chi connectivity index (χ1) is 6.99. The van der Waals surface area contributed by atoms with Crippen molar-refractivity contribution in [2.75, 3.05) is 12.3 Å². The number of anilines is 1. The van der Waals surface area contributed by atoms with E-state index < -0.39 is 6.04 Å². The lowest BCUT2D eigenvalue weighted by Crippen LogP contribution is -2.21. The van der Waals surface area contributed by atoms with Crippen molar-refractivity contribution in [1.82, 2.24) is 9.78 Å². The Hall–Kier alpha value is -1.52. The van der Waals surface area contributed by atoms with Gasteiger partial charge in [0.1, 0.15) is 6.04 Å². The SMILES string of the molecule is CCOC(=O)C(C)n1nc(C)c(N)c1C. The molecule has 1 atom stereocenters. The summed E-state index contributed by atoms with van der Waals surface area (Å²) in [7, 11) is 0. The average molecular weight is 211 g/mol. The fourth-order valence-corrected chi connectivity index (χ4v) is 1.42. The molecule has 0 radical (unpaired) electrons. The van der Waals surface area contributed by atoms with Crippen LogP contribution >= 0.6 is 0 Å². The van der Waals surface area contributed by atoms with Gasteiger partial charge in [0.05, 0.1) is 23.7 Å². The number of hydrogen-bond donors (Lipinski definition) is 1. The molecule has 0 aliphatic rings. The summed E-state index contributed by atoms with van der Waals surface area (Å²) >= 11 is 0. The standard InChI is InChI=1S/C10H17N3O2/c1-5-15-10(14)8(4)13-7(3)9(11)6(2)12-13/h8H,5,11H2,1-4H3. The summed E-state index contributed by atoms with van der Waals surface area (Å²) in [6.07, 6.45) is 0. The minimum atomic E-state index is -0.430. The van der Waals surface area contributed by atoms with Gasteiger partial charge in [0.15, 0.2) is 0 Å². The Morgan fingerprint density at radius 1 is 1.60 bits per heavy atom. The van der Waals surface area contributed by atoms with Crippen LogP contribution in [0.1, 0.15) is 31.3 Å². The van der Waals surface area contributed by atoms with Gasteiger partial charge in [-0.05, 0) is 27.7 Å². The molecule has 0 fully saturated rings. The first-order valence-corrected chi connectivity index (χ1v) is 4.96. The van der Waals surface area contributed by atoms with Crippen molar-refractivity contribution in [2.45, 2.75) is 33.7 Å². The molecule has 0 aromatic carbocycles. The maximum absolute atomic E-state index is 11.5. The predicted molar refractivity (Wildman–Crippen MR) is 57.5 cm³/mol. The van der Waals surface area contributed by atoms with Gasteiger partial charge in [-0.15, -0.1) is 0 Å². The van der Waals surface area contributed by atoms with Crippen LogP contribution in [0.2, 0.25) is 0 Å². The highest BCUT2D eigenvalue weighted by Gasteiger charge is 2.20. The molecule has 1 heterocycles. The Bertz CT molecular complexity index is 371. The Morgan fingerprint density at radius 3 is 2.60 bits per heavy atom. The summed E-state index contributed by atoms with van der Waals surface area (Å²) in [5, 5.41) is 4.20. The van der Waals surface area contributed by atoms with E-state index in [0.29, 0.717) is 12.3 Å². The Labute approximate surface area is 89.2 Å². The number of nitrogen functional groups attached to an aromatic ring is 1. The molecule has 1 aromatic heterocycles. The minimum Gasteiger partial charge on any atom is -0.464 e. The number of carbonyl (C=O) groups is 1. The van der Waals surface area contributed by atoms with E-state index in [4.69, 9.17) is 10.5 Å². The van der Waals surface area contributed by atoms with Gasteiger partial charge in [0, 0.05) is 0 Å². The van der Waals surface area contributed by atoms with Crippen molar-refractivity contribution in [1.29, 1.82) is 0 Å². The molecule has 0 amide bonds. The number of esters is 1. The number of hydrogen-bond acceptors (Lipinski definition) is 4. The van der Waals surface area contributed by atoms with Gasteiger partial charge in [-0.3, -0.25) is 4.68 Å². The Morgan fingerprint density at radius 2 is 2.20 bits per heavy atom. The van der Waals surface area contributed by atoms with Crippen LogP contribution in [-0.2, 0) is 9.53 Å². The van der Waals surface area contributed by atoms with E-state index in [0.717, 1.165) is 11.4 Å². The molecule has 2 N–H and O–H groups in total. The van der Waals surface area contributed by atoms with Gasteiger partial charge in [-0.1, -0.05) is 0 Å². The molecule has 0 aliphatic heterocycles. The molecule has 15 heavy (non-hydrogen) atoms. The van der Waals surface area contributed by atoms with Crippen molar-refractivity contribution in [3.05, 3.63) is 11.4 Å². The van der Waals surface area contributed by atoms with E-state index >= 15 is 0 Å². The molecule has 0 saturated heterocycles. The lowest BCUT2D eigenvalue weighted by molar-refractivity contribution is -0.146. The van der Waals surface area contributed by atoms with Gasteiger partial charge in [0.25, 0.3) is 0 Å². The zero-order valence-corrected chi connectivity index (χ0v) is 9.57. The van der Waals surface area contributed by atoms with Gasteiger partial charge < -0.3 is 10.5 Å². The molecule has 1 rings (SSSR count).